The van der Waals surface area contributed by atoms with Gasteiger partial charge in [0.25, 0.3) is 10.1 Å². The van der Waals surface area contributed by atoms with E-state index in [9.17, 15) is 44.3 Å². The number of carbonyl (C=O) groups is 2. The van der Waals surface area contributed by atoms with Gasteiger partial charge < -0.3 is 9.47 Å². The lowest BCUT2D eigenvalue weighted by Crippen LogP contribution is -2.64. The number of benzene rings is 1. The van der Waals surface area contributed by atoms with Crippen molar-refractivity contribution >= 4 is 37.7 Å². The Morgan fingerprint density at radius 1 is 0.902 bits per heavy atom. The molecule has 0 aliphatic heterocycles. The molecule has 4 unspecified atom stereocenters. The molecule has 7 nitrogen and oxygen atoms in total. The second kappa shape index (κ2) is 12.2. The molecule has 41 heavy (non-hydrogen) atoms. The standard InChI is InChI=1S/C25H28B2F6O7S/c1-13-6-14(10-26)7-19(11-27)20(13)39-21(34)17-4-2-16-9-18(5-3-15(16)8-17)22(35)40-23(24(28,29)30,25(31,32)33)12-41(36,37)38/h6-7,15-18H,2-5,8-12H2,1H3,(H,36,37,38). The van der Waals surface area contributed by atoms with Crippen LogP contribution in [0, 0.1) is 30.6 Å². The number of aryl methyl sites for hydroxylation is 1. The highest BCUT2D eigenvalue weighted by Crippen LogP contribution is 2.49. The fourth-order valence-corrected chi connectivity index (χ4v) is 6.73. The van der Waals surface area contributed by atoms with Gasteiger partial charge in [-0.25, -0.2) is 0 Å². The number of halogens is 6. The van der Waals surface area contributed by atoms with Crippen molar-refractivity contribution in [1.82, 2.24) is 0 Å². The third-order valence-electron chi connectivity index (χ3n) is 7.93. The molecule has 224 valence electrons. The molecule has 4 atom stereocenters. The predicted molar refractivity (Wildman–Crippen MR) is 135 cm³/mol. The maximum absolute atomic E-state index is 13.6. The first-order chi connectivity index (χ1) is 18.8. The van der Waals surface area contributed by atoms with Crippen molar-refractivity contribution in [2.75, 3.05) is 5.75 Å². The number of carbonyl (C=O) groups excluding carboxylic acids is 2. The molecule has 1 N–H and O–H groups in total. The van der Waals surface area contributed by atoms with Gasteiger partial charge in [0.05, 0.1) is 27.5 Å². The highest BCUT2D eigenvalue weighted by atomic mass is 32.2. The van der Waals surface area contributed by atoms with Crippen molar-refractivity contribution < 1.29 is 58.4 Å². The molecule has 3 rings (SSSR count). The van der Waals surface area contributed by atoms with E-state index in [1.54, 1.807) is 19.1 Å². The Bertz CT molecular complexity index is 1240. The fraction of sp³-hybridized carbons (Fsp3) is 0.680. The summed E-state index contributed by atoms with van der Waals surface area (Å²) >= 11 is 0. The quantitative estimate of drug-likeness (QED) is 0.154. The molecule has 2 fully saturated rings. The first kappa shape index (κ1) is 33.3. The topological polar surface area (TPSA) is 107 Å². The molecule has 0 spiro atoms. The highest BCUT2D eigenvalue weighted by Gasteiger charge is 2.76. The van der Waals surface area contributed by atoms with Crippen molar-refractivity contribution in [1.29, 1.82) is 0 Å². The largest absolute Gasteiger partial charge is 0.438 e. The molecule has 0 amide bonds. The third kappa shape index (κ3) is 7.41. The number of esters is 2. The van der Waals surface area contributed by atoms with Gasteiger partial charge in [-0.2, -0.15) is 34.8 Å². The van der Waals surface area contributed by atoms with E-state index in [4.69, 9.17) is 25.0 Å². The lowest BCUT2D eigenvalue weighted by atomic mass is 9.65. The van der Waals surface area contributed by atoms with Crippen LogP contribution in [0.2, 0.25) is 0 Å². The van der Waals surface area contributed by atoms with Crippen LogP contribution in [0.15, 0.2) is 12.1 Å². The van der Waals surface area contributed by atoms with Gasteiger partial charge in [0.15, 0.2) is 0 Å². The minimum absolute atomic E-state index is 0.0973. The molecule has 2 saturated carbocycles. The van der Waals surface area contributed by atoms with Gasteiger partial charge in [-0.05, 0) is 68.4 Å². The zero-order chi connectivity index (χ0) is 31.0. The summed E-state index contributed by atoms with van der Waals surface area (Å²) < 4.78 is 122. The summed E-state index contributed by atoms with van der Waals surface area (Å²) in [5.41, 5.74) is -3.32. The molecular weight excluding hydrogens is 580 g/mol. The van der Waals surface area contributed by atoms with Crippen LogP contribution in [0.4, 0.5) is 26.3 Å². The van der Waals surface area contributed by atoms with Crippen molar-refractivity contribution in [3.8, 4) is 5.75 Å². The van der Waals surface area contributed by atoms with Gasteiger partial charge in [0.1, 0.15) is 11.5 Å². The second-order valence-corrected chi connectivity index (χ2v) is 12.2. The number of hydrogen-bond donors (Lipinski definition) is 1. The lowest BCUT2D eigenvalue weighted by molar-refractivity contribution is -0.362. The number of alkyl halides is 6. The van der Waals surface area contributed by atoms with Crippen molar-refractivity contribution in [3.63, 3.8) is 0 Å². The second-order valence-electron chi connectivity index (χ2n) is 10.7. The highest BCUT2D eigenvalue weighted by molar-refractivity contribution is 7.85. The Morgan fingerprint density at radius 2 is 1.41 bits per heavy atom. The molecule has 16 heteroatoms. The normalized spacial score (nSPS) is 23.9. The number of hydrogen-bond acceptors (Lipinski definition) is 6. The Kier molecular flexibility index (Phi) is 9.89. The third-order valence-corrected chi connectivity index (χ3v) is 8.70. The molecule has 2 aliphatic carbocycles. The number of ether oxygens (including phenoxy) is 2. The first-order valence-corrected chi connectivity index (χ1v) is 14.5. The minimum atomic E-state index is -6.38. The average molecular weight is 608 g/mol. The number of rotatable bonds is 8. The van der Waals surface area contributed by atoms with Crippen molar-refractivity contribution in [2.45, 2.75) is 76.0 Å². The Morgan fingerprint density at radius 3 is 1.85 bits per heavy atom. The molecule has 1 aromatic rings. The summed E-state index contributed by atoms with van der Waals surface area (Å²) in [6.45, 7) is 1.75. The van der Waals surface area contributed by atoms with E-state index in [0.29, 0.717) is 36.1 Å². The Balaban J connectivity index is 1.69. The van der Waals surface area contributed by atoms with Crippen molar-refractivity contribution in [2.24, 2.45) is 23.7 Å². The zero-order valence-electron chi connectivity index (χ0n) is 22.1. The van der Waals surface area contributed by atoms with E-state index >= 15 is 0 Å². The van der Waals surface area contributed by atoms with Crippen LogP contribution >= 0.6 is 0 Å². The van der Waals surface area contributed by atoms with Gasteiger partial charge in [-0.3, -0.25) is 14.1 Å². The Hall–Kier alpha value is -2.22. The van der Waals surface area contributed by atoms with Gasteiger partial charge in [0, 0.05) is 0 Å². The van der Waals surface area contributed by atoms with E-state index in [2.05, 4.69) is 4.74 Å². The van der Waals surface area contributed by atoms with Gasteiger partial charge >= 0.3 is 29.9 Å². The van der Waals surface area contributed by atoms with Crippen LogP contribution in [-0.4, -0.2) is 64.3 Å². The molecule has 2 aliphatic rings. The fourth-order valence-electron chi connectivity index (χ4n) is 5.83. The minimum Gasteiger partial charge on any atom is -0.438 e. The van der Waals surface area contributed by atoms with Gasteiger partial charge in [0.2, 0.25) is 0 Å². The van der Waals surface area contributed by atoms with Gasteiger partial charge in [-0.1, -0.05) is 30.3 Å². The summed E-state index contributed by atoms with van der Waals surface area (Å²) in [5.74, 6) is -7.23. The average Bonchev–Trinajstić information content (AvgIpc) is 2.86. The molecule has 0 aromatic heterocycles. The summed E-state index contributed by atoms with van der Waals surface area (Å²) in [7, 11) is 5.62. The summed E-state index contributed by atoms with van der Waals surface area (Å²) in [6, 6.07) is 3.52. The number of fused-ring (bicyclic) bond motifs is 1. The molecule has 0 heterocycles. The van der Waals surface area contributed by atoms with E-state index in [-0.39, 0.29) is 43.7 Å². The smallest absolute Gasteiger partial charge is 0.438 e. The maximum atomic E-state index is 13.6. The van der Waals surface area contributed by atoms with Crippen molar-refractivity contribution in [3.05, 3.63) is 28.8 Å². The van der Waals surface area contributed by atoms with E-state index < -0.39 is 57.6 Å². The van der Waals surface area contributed by atoms with Crippen LogP contribution < -0.4 is 4.74 Å². The summed E-state index contributed by atoms with van der Waals surface area (Å²) in [5, 5.41) is 0. The summed E-state index contributed by atoms with van der Waals surface area (Å²) in [4.78, 5) is 25.6. The van der Waals surface area contributed by atoms with Crippen LogP contribution in [0.25, 0.3) is 0 Å². The lowest BCUT2D eigenvalue weighted by Gasteiger charge is -2.42. The molecule has 1 aromatic carbocycles. The molecular formula is C25H28B2F6O7S. The SMILES string of the molecule is [B]Cc1cc(C)c(OC(=O)C2CCC3CC(C(=O)OC(CS(=O)(=O)O)(C(F)(F)F)C(F)(F)F)CCC3C2)c(C[B])c1. The van der Waals surface area contributed by atoms with Gasteiger partial charge in [-0.15, -0.1) is 0 Å². The first-order valence-electron chi connectivity index (χ1n) is 12.9. The van der Waals surface area contributed by atoms with E-state index in [1.165, 1.54) is 0 Å². The Labute approximate surface area is 236 Å². The van der Waals surface area contributed by atoms with Crippen LogP contribution in [0.3, 0.4) is 0 Å². The molecule has 0 bridgehead atoms. The van der Waals surface area contributed by atoms with E-state index in [0.717, 1.165) is 5.56 Å². The molecule has 0 saturated heterocycles. The predicted octanol–water partition coefficient (Wildman–Crippen LogP) is 4.36. The van der Waals surface area contributed by atoms with E-state index in [1.807, 2.05) is 0 Å². The summed E-state index contributed by atoms with van der Waals surface area (Å²) in [6.07, 6.45) is -11.4. The maximum Gasteiger partial charge on any atom is 0.438 e. The monoisotopic (exact) mass is 608 g/mol. The van der Waals surface area contributed by atoms with Crippen LogP contribution in [-0.2, 0) is 37.1 Å². The van der Waals surface area contributed by atoms with Crippen LogP contribution in [0.5, 0.6) is 5.75 Å². The van der Waals surface area contributed by atoms with Crippen LogP contribution in [0.1, 0.15) is 55.2 Å². The molecule has 4 radical (unpaired) electrons. The zero-order valence-corrected chi connectivity index (χ0v) is 22.9.